The van der Waals surface area contributed by atoms with Crippen LogP contribution in [0.2, 0.25) is 0 Å². The molecule has 1 aromatic carbocycles. The minimum atomic E-state index is -0.247. The monoisotopic (exact) mass is 311 g/mol. The highest BCUT2D eigenvalue weighted by atomic mass is 19.1. The number of aromatic nitrogens is 2. The summed E-state index contributed by atoms with van der Waals surface area (Å²) in [6, 6.07) is 6.81. The van der Waals surface area contributed by atoms with Gasteiger partial charge in [0.25, 0.3) is 0 Å². The van der Waals surface area contributed by atoms with Crippen LogP contribution in [-0.4, -0.2) is 23.1 Å². The van der Waals surface area contributed by atoms with Gasteiger partial charge in [-0.25, -0.2) is 14.4 Å². The summed E-state index contributed by atoms with van der Waals surface area (Å²) < 4.78 is 14.2. The van der Waals surface area contributed by atoms with Crippen LogP contribution in [-0.2, 0) is 12.8 Å². The Labute approximate surface area is 136 Å². The standard InChI is InChI=1S/C19H22FN3/c1-13-8-9-15-17(12-13)21-18(14-6-2-3-7-16(14)20)22-19(15)23-10-4-5-11-23/h2-3,6-7,13H,4-5,8-12H2,1H3. The van der Waals surface area contributed by atoms with Gasteiger partial charge >= 0.3 is 0 Å². The maximum absolute atomic E-state index is 14.2. The molecule has 2 aliphatic rings. The van der Waals surface area contributed by atoms with Gasteiger partial charge in [-0.05, 0) is 50.2 Å². The van der Waals surface area contributed by atoms with Crippen molar-refractivity contribution >= 4 is 5.82 Å². The molecular formula is C19H22FN3. The molecular weight excluding hydrogens is 289 g/mol. The molecule has 1 unspecified atom stereocenters. The van der Waals surface area contributed by atoms with Crippen LogP contribution >= 0.6 is 0 Å². The van der Waals surface area contributed by atoms with Gasteiger partial charge in [0.2, 0.25) is 0 Å². The van der Waals surface area contributed by atoms with E-state index in [9.17, 15) is 4.39 Å². The van der Waals surface area contributed by atoms with E-state index in [-0.39, 0.29) is 5.82 Å². The Balaban J connectivity index is 1.86. The lowest BCUT2D eigenvalue weighted by Crippen LogP contribution is -2.25. The van der Waals surface area contributed by atoms with Gasteiger partial charge in [-0.2, -0.15) is 0 Å². The second kappa shape index (κ2) is 5.91. The molecule has 2 heterocycles. The zero-order chi connectivity index (χ0) is 15.8. The third-order valence-electron chi connectivity index (χ3n) is 5.02. The lowest BCUT2D eigenvalue weighted by Gasteiger charge is -2.27. The van der Waals surface area contributed by atoms with Crippen molar-refractivity contribution in [2.45, 2.75) is 39.0 Å². The average Bonchev–Trinajstić information content (AvgIpc) is 3.08. The summed E-state index contributed by atoms with van der Waals surface area (Å²) in [6.07, 6.45) is 5.63. The molecule has 0 saturated carbocycles. The molecule has 0 spiro atoms. The Morgan fingerprint density at radius 1 is 1.13 bits per heavy atom. The fourth-order valence-electron chi connectivity index (χ4n) is 3.72. The largest absolute Gasteiger partial charge is 0.356 e. The van der Waals surface area contributed by atoms with Crippen molar-refractivity contribution in [1.82, 2.24) is 9.97 Å². The second-order valence-corrected chi connectivity index (χ2v) is 6.82. The first-order chi connectivity index (χ1) is 11.2. The highest BCUT2D eigenvalue weighted by Gasteiger charge is 2.26. The van der Waals surface area contributed by atoms with Crippen LogP contribution in [0.3, 0.4) is 0 Å². The SMILES string of the molecule is CC1CCc2c(nc(-c3ccccc3F)nc2N2CCCC2)C1. The molecule has 1 aromatic heterocycles. The molecule has 4 rings (SSSR count). The molecule has 1 saturated heterocycles. The van der Waals surface area contributed by atoms with Gasteiger partial charge in [-0.3, -0.25) is 0 Å². The van der Waals surface area contributed by atoms with Gasteiger partial charge < -0.3 is 4.90 Å². The molecule has 0 bridgehead atoms. The van der Waals surface area contributed by atoms with Crippen molar-refractivity contribution in [2.24, 2.45) is 5.92 Å². The molecule has 23 heavy (non-hydrogen) atoms. The van der Waals surface area contributed by atoms with Gasteiger partial charge in [0.1, 0.15) is 11.6 Å². The lowest BCUT2D eigenvalue weighted by molar-refractivity contribution is 0.490. The van der Waals surface area contributed by atoms with Crippen molar-refractivity contribution in [3.05, 3.63) is 41.3 Å². The van der Waals surface area contributed by atoms with Crippen LogP contribution in [0.25, 0.3) is 11.4 Å². The van der Waals surface area contributed by atoms with Crippen LogP contribution in [0.4, 0.5) is 10.2 Å². The Bertz CT molecular complexity index is 723. The quantitative estimate of drug-likeness (QED) is 0.839. The van der Waals surface area contributed by atoms with E-state index in [0.717, 1.165) is 37.4 Å². The maximum atomic E-state index is 14.2. The fraction of sp³-hybridized carbons (Fsp3) is 0.474. The van der Waals surface area contributed by atoms with E-state index in [1.54, 1.807) is 12.1 Å². The molecule has 1 atom stereocenters. The maximum Gasteiger partial charge on any atom is 0.164 e. The van der Waals surface area contributed by atoms with E-state index in [0.29, 0.717) is 17.3 Å². The highest BCUT2D eigenvalue weighted by Crippen LogP contribution is 2.34. The molecule has 1 aliphatic carbocycles. The predicted molar refractivity (Wildman–Crippen MR) is 90.1 cm³/mol. The Morgan fingerprint density at radius 3 is 2.70 bits per heavy atom. The fourth-order valence-corrected chi connectivity index (χ4v) is 3.72. The average molecular weight is 311 g/mol. The van der Waals surface area contributed by atoms with Crippen LogP contribution in [0.1, 0.15) is 37.4 Å². The molecule has 0 radical (unpaired) electrons. The molecule has 3 nitrogen and oxygen atoms in total. The van der Waals surface area contributed by atoms with Crippen LogP contribution in [0.5, 0.6) is 0 Å². The van der Waals surface area contributed by atoms with Crippen LogP contribution in [0, 0.1) is 11.7 Å². The first-order valence-corrected chi connectivity index (χ1v) is 8.62. The zero-order valence-corrected chi connectivity index (χ0v) is 13.6. The number of halogens is 1. The van der Waals surface area contributed by atoms with E-state index >= 15 is 0 Å². The van der Waals surface area contributed by atoms with Gasteiger partial charge in [0.05, 0.1) is 11.3 Å². The first kappa shape index (κ1) is 14.6. The number of hydrogen-bond donors (Lipinski definition) is 0. The third kappa shape index (κ3) is 2.71. The van der Waals surface area contributed by atoms with E-state index in [1.165, 1.54) is 30.9 Å². The Hall–Kier alpha value is -1.97. The van der Waals surface area contributed by atoms with E-state index in [1.807, 2.05) is 6.07 Å². The minimum Gasteiger partial charge on any atom is -0.356 e. The first-order valence-electron chi connectivity index (χ1n) is 8.62. The molecule has 2 aromatic rings. The second-order valence-electron chi connectivity index (χ2n) is 6.82. The van der Waals surface area contributed by atoms with Gasteiger partial charge in [0.15, 0.2) is 5.82 Å². The minimum absolute atomic E-state index is 0.247. The number of rotatable bonds is 2. The molecule has 4 heteroatoms. The summed E-state index contributed by atoms with van der Waals surface area (Å²) in [5.41, 5.74) is 2.93. The van der Waals surface area contributed by atoms with Gasteiger partial charge in [0, 0.05) is 18.7 Å². The Kier molecular flexibility index (Phi) is 3.76. The summed E-state index contributed by atoms with van der Waals surface area (Å²) in [7, 11) is 0. The van der Waals surface area contributed by atoms with Crippen LogP contribution in [0.15, 0.2) is 24.3 Å². The van der Waals surface area contributed by atoms with Crippen molar-refractivity contribution < 1.29 is 4.39 Å². The van der Waals surface area contributed by atoms with Crippen LogP contribution < -0.4 is 4.90 Å². The highest BCUT2D eigenvalue weighted by molar-refractivity contribution is 5.62. The summed E-state index contributed by atoms with van der Waals surface area (Å²) in [4.78, 5) is 11.9. The van der Waals surface area contributed by atoms with E-state index in [2.05, 4.69) is 11.8 Å². The number of fused-ring (bicyclic) bond motifs is 1. The van der Waals surface area contributed by atoms with E-state index < -0.39 is 0 Å². The van der Waals surface area contributed by atoms with Gasteiger partial charge in [-0.15, -0.1) is 0 Å². The van der Waals surface area contributed by atoms with Crippen molar-refractivity contribution in [3.63, 3.8) is 0 Å². The topological polar surface area (TPSA) is 29.0 Å². The molecule has 0 amide bonds. The van der Waals surface area contributed by atoms with Crippen molar-refractivity contribution in [1.29, 1.82) is 0 Å². The summed E-state index contributed by atoms with van der Waals surface area (Å²) in [5, 5.41) is 0. The molecule has 0 N–H and O–H groups in total. The number of nitrogens with zero attached hydrogens (tertiary/aromatic N) is 3. The lowest BCUT2D eigenvalue weighted by atomic mass is 9.88. The van der Waals surface area contributed by atoms with Crippen molar-refractivity contribution in [3.8, 4) is 11.4 Å². The predicted octanol–water partition coefficient (Wildman–Crippen LogP) is 4.01. The zero-order valence-electron chi connectivity index (χ0n) is 13.6. The van der Waals surface area contributed by atoms with E-state index in [4.69, 9.17) is 9.97 Å². The van der Waals surface area contributed by atoms with Gasteiger partial charge in [-0.1, -0.05) is 19.1 Å². The number of anilines is 1. The molecule has 120 valence electrons. The smallest absolute Gasteiger partial charge is 0.164 e. The number of benzene rings is 1. The van der Waals surface area contributed by atoms with Crippen molar-refractivity contribution in [2.75, 3.05) is 18.0 Å². The molecule has 1 aliphatic heterocycles. The number of hydrogen-bond acceptors (Lipinski definition) is 3. The summed E-state index contributed by atoms with van der Waals surface area (Å²) >= 11 is 0. The Morgan fingerprint density at radius 2 is 1.91 bits per heavy atom. The summed E-state index contributed by atoms with van der Waals surface area (Å²) in [5.74, 6) is 1.98. The molecule has 1 fully saturated rings. The summed E-state index contributed by atoms with van der Waals surface area (Å²) in [6.45, 7) is 4.37. The third-order valence-corrected chi connectivity index (χ3v) is 5.02. The normalized spacial score (nSPS) is 20.6.